The molecule has 2 N–H and O–H groups in total. The van der Waals surface area contributed by atoms with Gasteiger partial charge in [-0.05, 0) is 56.9 Å². The Bertz CT molecular complexity index is 411. The Hall–Kier alpha value is -1.06. The van der Waals surface area contributed by atoms with Crippen molar-refractivity contribution in [3.8, 4) is 0 Å². The first-order chi connectivity index (χ1) is 9.16. The molecule has 1 atom stereocenters. The molecule has 1 heterocycles. The summed E-state index contributed by atoms with van der Waals surface area (Å²) in [5.74, 6) is 0.0965. The molecular weight excluding hydrogens is 260 g/mol. The van der Waals surface area contributed by atoms with E-state index in [2.05, 4.69) is 5.32 Å². The second kappa shape index (κ2) is 6.92. The van der Waals surface area contributed by atoms with Crippen LogP contribution in [0, 0.1) is 0 Å². The molecule has 19 heavy (non-hydrogen) atoms. The van der Waals surface area contributed by atoms with Gasteiger partial charge in [-0.3, -0.25) is 4.79 Å². The number of rotatable bonds is 3. The second-order valence-electron chi connectivity index (χ2n) is 5.29. The number of halogens is 1. The van der Waals surface area contributed by atoms with E-state index in [1.54, 1.807) is 12.1 Å². The Balaban J connectivity index is 1.92. The Kier molecular flexibility index (Phi) is 5.23. The molecule has 3 nitrogen and oxygen atoms in total. The number of nitrogens with one attached hydrogen (secondary N) is 2. The zero-order chi connectivity index (χ0) is 13.7. The lowest BCUT2D eigenvalue weighted by molar-refractivity contribution is -0.913. The topological polar surface area (TPSA) is 33.5 Å². The van der Waals surface area contributed by atoms with Crippen molar-refractivity contribution in [2.24, 2.45) is 0 Å². The molecule has 0 spiro atoms. The van der Waals surface area contributed by atoms with Gasteiger partial charge in [0.15, 0.2) is 6.04 Å². The van der Waals surface area contributed by atoms with E-state index in [9.17, 15) is 4.79 Å². The molecule has 0 saturated carbocycles. The van der Waals surface area contributed by atoms with Crippen molar-refractivity contribution < 1.29 is 9.69 Å². The van der Waals surface area contributed by atoms with Gasteiger partial charge < -0.3 is 10.2 Å². The zero-order valence-corrected chi connectivity index (χ0v) is 12.2. The van der Waals surface area contributed by atoms with Crippen molar-refractivity contribution in [2.75, 3.05) is 18.4 Å². The van der Waals surface area contributed by atoms with Crippen LogP contribution in [-0.4, -0.2) is 25.0 Å². The van der Waals surface area contributed by atoms with Crippen molar-refractivity contribution in [1.82, 2.24) is 0 Å². The van der Waals surface area contributed by atoms with Crippen molar-refractivity contribution in [1.29, 1.82) is 0 Å². The zero-order valence-electron chi connectivity index (χ0n) is 11.4. The molecule has 1 fully saturated rings. The number of quaternary nitrogens is 1. The van der Waals surface area contributed by atoms with Gasteiger partial charge in [0.1, 0.15) is 0 Å². The highest BCUT2D eigenvalue weighted by Crippen LogP contribution is 2.13. The fourth-order valence-corrected chi connectivity index (χ4v) is 2.71. The summed E-state index contributed by atoms with van der Waals surface area (Å²) in [7, 11) is 0. The minimum Gasteiger partial charge on any atom is -0.325 e. The molecule has 0 bridgehead atoms. The highest BCUT2D eigenvalue weighted by molar-refractivity contribution is 6.30. The SMILES string of the molecule is C[C@@H](C(=O)Nc1ccc(Cl)cc1)[NH+]1CCCCCC1. The largest absolute Gasteiger partial charge is 0.325 e. The van der Waals surface area contributed by atoms with E-state index in [0.717, 1.165) is 18.8 Å². The number of benzene rings is 1. The minimum absolute atomic E-state index is 0.00813. The second-order valence-corrected chi connectivity index (χ2v) is 5.73. The number of carbonyl (C=O) groups is 1. The van der Waals surface area contributed by atoms with Crippen LogP contribution in [0.4, 0.5) is 5.69 Å². The highest BCUT2D eigenvalue weighted by atomic mass is 35.5. The van der Waals surface area contributed by atoms with Crippen molar-refractivity contribution in [3.63, 3.8) is 0 Å². The molecule has 0 aromatic heterocycles. The van der Waals surface area contributed by atoms with Crippen molar-refractivity contribution >= 4 is 23.2 Å². The number of amides is 1. The van der Waals surface area contributed by atoms with E-state index in [4.69, 9.17) is 11.6 Å². The molecule has 0 radical (unpaired) electrons. The van der Waals surface area contributed by atoms with Crippen LogP contribution in [-0.2, 0) is 4.79 Å². The van der Waals surface area contributed by atoms with E-state index in [1.165, 1.54) is 30.6 Å². The first-order valence-corrected chi connectivity index (χ1v) is 7.45. The molecule has 1 aliphatic rings. The normalized spacial score (nSPS) is 18.6. The Morgan fingerprint density at radius 3 is 2.32 bits per heavy atom. The van der Waals surface area contributed by atoms with Crippen LogP contribution in [0.1, 0.15) is 32.6 Å². The quantitative estimate of drug-likeness (QED) is 0.874. The molecule has 104 valence electrons. The highest BCUT2D eigenvalue weighted by Gasteiger charge is 2.25. The lowest BCUT2D eigenvalue weighted by Gasteiger charge is -2.23. The summed E-state index contributed by atoms with van der Waals surface area (Å²) >= 11 is 5.83. The fourth-order valence-electron chi connectivity index (χ4n) is 2.58. The number of anilines is 1. The third-order valence-corrected chi connectivity index (χ3v) is 4.12. The van der Waals surface area contributed by atoms with Crippen LogP contribution in [0.25, 0.3) is 0 Å². The molecule has 0 aliphatic carbocycles. The maximum Gasteiger partial charge on any atom is 0.282 e. The van der Waals surface area contributed by atoms with E-state index in [0.29, 0.717) is 5.02 Å². The van der Waals surface area contributed by atoms with E-state index >= 15 is 0 Å². The van der Waals surface area contributed by atoms with Gasteiger partial charge in [-0.25, -0.2) is 0 Å². The molecule has 1 saturated heterocycles. The average Bonchev–Trinajstić information content (AvgIpc) is 2.69. The molecule has 4 heteroatoms. The first-order valence-electron chi connectivity index (χ1n) is 7.08. The van der Waals surface area contributed by atoms with Crippen LogP contribution in [0.3, 0.4) is 0 Å². The molecule has 1 amide bonds. The minimum atomic E-state index is 0.00813. The number of hydrogen-bond donors (Lipinski definition) is 2. The van der Waals surface area contributed by atoms with E-state index < -0.39 is 0 Å². The molecule has 2 rings (SSSR count). The maximum absolute atomic E-state index is 12.2. The molecule has 0 unspecified atom stereocenters. The first kappa shape index (κ1) is 14.4. The number of likely N-dealkylation sites (tertiary alicyclic amines) is 1. The average molecular weight is 282 g/mol. The van der Waals surface area contributed by atoms with Crippen LogP contribution >= 0.6 is 11.6 Å². The third-order valence-electron chi connectivity index (χ3n) is 3.86. The van der Waals surface area contributed by atoms with Crippen molar-refractivity contribution in [2.45, 2.75) is 38.6 Å². The predicted octanol–water partition coefficient (Wildman–Crippen LogP) is 2.13. The summed E-state index contributed by atoms with van der Waals surface area (Å²) in [4.78, 5) is 13.7. The van der Waals surface area contributed by atoms with Crippen LogP contribution in [0.2, 0.25) is 5.02 Å². The fraction of sp³-hybridized carbons (Fsp3) is 0.533. The molecule has 1 aromatic carbocycles. The van der Waals surface area contributed by atoms with Gasteiger partial charge in [0.2, 0.25) is 0 Å². The summed E-state index contributed by atoms with van der Waals surface area (Å²) in [5.41, 5.74) is 0.815. The predicted molar refractivity (Wildman–Crippen MR) is 78.7 cm³/mol. The van der Waals surface area contributed by atoms with Crippen LogP contribution < -0.4 is 10.2 Å². The summed E-state index contributed by atoms with van der Waals surface area (Å²) in [6.45, 7) is 4.23. The summed E-state index contributed by atoms with van der Waals surface area (Å²) in [6.07, 6.45) is 5.06. The standard InChI is InChI=1S/C15H21ClN2O/c1-12(18-10-4-2-3-5-11-18)15(19)17-14-8-6-13(16)7-9-14/h6-9,12H,2-5,10-11H2,1H3,(H,17,19)/p+1/t12-/m0/s1. The Morgan fingerprint density at radius 2 is 1.74 bits per heavy atom. The molecular formula is C15H22ClN2O+. The van der Waals surface area contributed by atoms with Gasteiger partial charge in [-0.15, -0.1) is 0 Å². The smallest absolute Gasteiger partial charge is 0.282 e. The van der Waals surface area contributed by atoms with Gasteiger partial charge in [0.05, 0.1) is 13.1 Å². The Morgan fingerprint density at radius 1 is 1.16 bits per heavy atom. The lowest BCUT2D eigenvalue weighted by Crippen LogP contribution is -3.16. The van der Waals surface area contributed by atoms with Gasteiger partial charge in [-0.1, -0.05) is 11.6 Å². The van der Waals surface area contributed by atoms with Gasteiger partial charge in [0, 0.05) is 10.7 Å². The van der Waals surface area contributed by atoms with Crippen LogP contribution in [0.5, 0.6) is 0 Å². The van der Waals surface area contributed by atoms with E-state index in [1.807, 2.05) is 19.1 Å². The summed E-state index contributed by atoms with van der Waals surface area (Å²) in [5, 5.41) is 3.65. The van der Waals surface area contributed by atoms with Crippen LogP contribution in [0.15, 0.2) is 24.3 Å². The van der Waals surface area contributed by atoms with Crippen molar-refractivity contribution in [3.05, 3.63) is 29.3 Å². The van der Waals surface area contributed by atoms with Gasteiger partial charge in [-0.2, -0.15) is 0 Å². The Labute approximate surface area is 119 Å². The van der Waals surface area contributed by atoms with Gasteiger partial charge >= 0.3 is 0 Å². The number of hydrogen-bond acceptors (Lipinski definition) is 1. The summed E-state index contributed by atoms with van der Waals surface area (Å²) in [6, 6.07) is 7.27. The monoisotopic (exact) mass is 281 g/mol. The van der Waals surface area contributed by atoms with E-state index in [-0.39, 0.29) is 11.9 Å². The maximum atomic E-state index is 12.2. The third kappa shape index (κ3) is 4.22. The molecule has 1 aromatic rings. The van der Waals surface area contributed by atoms with Gasteiger partial charge in [0.25, 0.3) is 5.91 Å². The number of carbonyl (C=O) groups excluding carboxylic acids is 1. The summed E-state index contributed by atoms with van der Waals surface area (Å²) < 4.78 is 0. The lowest BCUT2D eigenvalue weighted by atomic mass is 10.2. The molecule has 1 aliphatic heterocycles.